The zero-order valence-corrected chi connectivity index (χ0v) is 12.3. The van der Waals surface area contributed by atoms with Crippen molar-refractivity contribution >= 4 is 24.4 Å². The first-order valence-electron chi connectivity index (χ1n) is 3.96. The maximum Gasteiger partial charge on any atom is 1.00 e. The molecule has 0 saturated heterocycles. The van der Waals surface area contributed by atoms with Crippen LogP contribution in [0.2, 0.25) is 0 Å². The number of thioether (sulfide) groups is 1. The van der Waals surface area contributed by atoms with E-state index in [4.69, 9.17) is 0 Å². The average molecular weight is 217 g/mol. The molecule has 4 heteroatoms. The summed E-state index contributed by atoms with van der Waals surface area (Å²) in [6.45, 7) is 8.09. The van der Waals surface area contributed by atoms with Gasteiger partial charge in [0.1, 0.15) is 0 Å². The quantitative estimate of drug-likeness (QED) is 0.475. The Kier molecular flexibility index (Phi) is 10.7. The molecular formula is C8H18NaOS2+. The van der Waals surface area contributed by atoms with Gasteiger partial charge >= 0.3 is 29.6 Å². The fourth-order valence-electron chi connectivity index (χ4n) is 0.566. The molecule has 0 bridgehead atoms. The van der Waals surface area contributed by atoms with Gasteiger partial charge in [-0.05, 0) is 6.92 Å². The van der Waals surface area contributed by atoms with Crippen molar-refractivity contribution in [3.63, 3.8) is 0 Å². The molecule has 0 aliphatic rings. The fourth-order valence-corrected chi connectivity index (χ4v) is 1.91. The van der Waals surface area contributed by atoms with E-state index in [1.807, 2.05) is 13.8 Å². The third-order valence-corrected chi connectivity index (χ3v) is 4.10. The second kappa shape index (κ2) is 8.01. The van der Waals surface area contributed by atoms with Crippen molar-refractivity contribution in [1.82, 2.24) is 0 Å². The summed E-state index contributed by atoms with van der Waals surface area (Å²) in [5, 5.41) is 10.4. The van der Waals surface area contributed by atoms with E-state index >= 15 is 0 Å². The largest absolute Gasteiger partial charge is 1.00 e. The Morgan fingerprint density at radius 3 is 1.75 bits per heavy atom. The summed E-state index contributed by atoms with van der Waals surface area (Å²) in [5.74, 6) is 0. The van der Waals surface area contributed by atoms with Crippen molar-refractivity contribution in [3.05, 3.63) is 0 Å². The molecule has 0 fully saturated rings. The predicted molar refractivity (Wildman–Crippen MR) is 56.6 cm³/mol. The molecule has 68 valence electrons. The van der Waals surface area contributed by atoms with Gasteiger partial charge in [0, 0.05) is 15.7 Å². The molecule has 1 N–H and O–H groups in total. The number of rotatable bonds is 4. The number of hydrogen-bond donors (Lipinski definition) is 2. The number of thiol groups is 1. The van der Waals surface area contributed by atoms with Gasteiger partial charge in [0.05, 0.1) is 6.10 Å². The molecule has 4 atom stereocenters. The summed E-state index contributed by atoms with van der Waals surface area (Å²) >= 11 is 6.12. The standard InChI is InChI=1S/C8H18OS2.Na/c1-5(9)7(3)11-8(4)6(2)10;/h5-10H,1-4H3;/q;+1. The SMILES string of the molecule is CC(O)C(C)SC(C)C(C)S.[Na+]. The average Bonchev–Trinajstić information content (AvgIpc) is 1.87. The Morgan fingerprint density at radius 1 is 1.08 bits per heavy atom. The van der Waals surface area contributed by atoms with Crippen molar-refractivity contribution in [3.8, 4) is 0 Å². The van der Waals surface area contributed by atoms with E-state index < -0.39 is 0 Å². The van der Waals surface area contributed by atoms with Gasteiger partial charge in [0.15, 0.2) is 0 Å². The smallest absolute Gasteiger partial charge is 0.392 e. The maximum absolute atomic E-state index is 9.21. The summed E-state index contributed by atoms with van der Waals surface area (Å²) < 4.78 is 0. The molecule has 0 amide bonds. The van der Waals surface area contributed by atoms with Crippen LogP contribution >= 0.6 is 24.4 Å². The van der Waals surface area contributed by atoms with Gasteiger partial charge in [-0.25, -0.2) is 0 Å². The second-order valence-corrected chi connectivity index (χ2v) is 5.60. The molecule has 0 saturated carbocycles. The van der Waals surface area contributed by atoms with E-state index in [9.17, 15) is 5.11 Å². The molecule has 0 aromatic heterocycles. The first-order chi connectivity index (χ1) is 4.95. The molecule has 0 rings (SSSR count). The van der Waals surface area contributed by atoms with Gasteiger partial charge in [0.2, 0.25) is 0 Å². The maximum atomic E-state index is 9.21. The summed E-state index contributed by atoms with van der Waals surface area (Å²) in [6, 6.07) is 0. The Bertz CT molecular complexity index is 97.2. The van der Waals surface area contributed by atoms with Crippen molar-refractivity contribution in [2.45, 2.75) is 49.5 Å². The first-order valence-corrected chi connectivity index (χ1v) is 5.42. The Labute approximate surface area is 108 Å². The van der Waals surface area contributed by atoms with Crippen molar-refractivity contribution in [2.24, 2.45) is 0 Å². The normalized spacial score (nSPS) is 20.5. The summed E-state index contributed by atoms with van der Waals surface area (Å²) in [5.41, 5.74) is 0. The molecule has 0 spiro atoms. The van der Waals surface area contributed by atoms with E-state index in [-0.39, 0.29) is 35.7 Å². The van der Waals surface area contributed by atoms with Gasteiger partial charge < -0.3 is 5.11 Å². The Morgan fingerprint density at radius 2 is 1.50 bits per heavy atom. The van der Waals surface area contributed by atoms with Crippen LogP contribution in [0.1, 0.15) is 27.7 Å². The van der Waals surface area contributed by atoms with Gasteiger partial charge in [-0.15, -0.1) is 0 Å². The molecule has 0 aliphatic carbocycles. The molecule has 4 unspecified atom stereocenters. The molecule has 0 aliphatic heterocycles. The zero-order valence-electron chi connectivity index (χ0n) is 8.61. The molecule has 12 heavy (non-hydrogen) atoms. The van der Waals surface area contributed by atoms with Crippen molar-refractivity contribution < 1.29 is 34.7 Å². The van der Waals surface area contributed by atoms with Gasteiger partial charge in [-0.3, -0.25) is 0 Å². The minimum absolute atomic E-state index is 0. The third kappa shape index (κ3) is 7.10. The van der Waals surface area contributed by atoms with Crippen LogP contribution in [0.25, 0.3) is 0 Å². The van der Waals surface area contributed by atoms with Crippen molar-refractivity contribution in [1.29, 1.82) is 0 Å². The molecule has 1 nitrogen and oxygen atoms in total. The molecule has 0 heterocycles. The van der Waals surface area contributed by atoms with Crippen LogP contribution in [0.15, 0.2) is 0 Å². The summed E-state index contributed by atoms with van der Waals surface area (Å²) in [7, 11) is 0. The monoisotopic (exact) mass is 217 g/mol. The van der Waals surface area contributed by atoms with Crippen LogP contribution < -0.4 is 29.6 Å². The number of aliphatic hydroxyl groups excluding tert-OH is 1. The Balaban J connectivity index is 0. The van der Waals surface area contributed by atoms with Crippen LogP contribution in [-0.2, 0) is 0 Å². The molecular weight excluding hydrogens is 199 g/mol. The van der Waals surface area contributed by atoms with Crippen LogP contribution in [0.5, 0.6) is 0 Å². The minimum atomic E-state index is -0.227. The van der Waals surface area contributed by atoms with Crippen molar-refractivity contribution in [2.75, 3.05) is 0 Å². The first kappa shape index (κ1) is 16.1. The summed E-state index contributed by atoms with van der Waals surface area (Å²) in [6.07, 6.45) is -0.227. The van der Waals surface area contributed by atoms with E-state index in [0.29, 0.717) is 15.7 Å². The van der Waals surface area contributed by atoms with E-state index in [1.165, 1.54) is 0 Å². The van der Waals surface area contributed by atoms with Gasteiger partial charge in [-0.2, -0.15) is 24.4 Å². The molecule has 0 aromatic rings. The topological polar surface area (TPSA) is 20.2 Å². The minimum Gasteiger partial charge on any atom is -0.392 e. The fraction of sp³-hybridized carbons (Fsp3) is 1.00. The zero-order chi connectivity index (χ0) is 9.02. The van der Waals surface area contributed by atoms with Crippen LogP contribution in [0.3, 0.4) is 0 Å². The second-order valence-electron chi connectivity index (χ2n) is 3.03. The molecule has 0 radical (unpaired) electrons. The van der Waals surface area contributed by atoms with Crippen LogP contribution in [0, 0.1) is 0 Å². The van der Waals surface area contributed by atoms with Gasteiger partial charge in [0.25, 0.3) is 0 Å². The molecule has 0 aromatic carbocycles. The van der Waals surface area contributed by atoms with Crippen LogP contribution in [-0.4, -0.2) is 27.0 Å². The summed E-state index contributed by atoms with van der Waals surface area (Å²) in [4.78, 5) is 0. The third-order valence-electron chi connectivity index (χ3n) is 1.79. The number of aliphatic hydroxyl groups is 1. The Hall–Kier alpha value is 1.66. The number of hydrogen-bond acceptors (Lipinski definition) is 3. The van der Waals surface area contributed by atoms with E-state index in [1.54, 1.807) is 11.8 Å². The van der Waals surface area contributed by atoms with E-state index in [0.717, 1.165) is 0 Å². The van der Waals surface area contributed by atoms with Gasteiger partial charge in [-0.1, -0.05) is 20.8 Å². The predicted octanol–water partition coefficient (Wildman–Crippen LogP) is -0.800. The van der Waals surface area contributed by atoms with E-state index in [2.05, 4.69) is 26.5 Å². The van der Waals surface area contributed by atoms with Crippen LogP contribution in [0.4, 0.5) is 0 Å².